The van der Waals surface area contributed by atoms with Gasteiger partial charge in [-0.2, -0.15) is 13.2 Å². The van der Waals surface area contributed by atoms with E-state index in [1.165, 1.54) is 0 Å². The highest BCUT2D eigenvalue weighted by Crippen LogP contribution is 2.40. The third-order valence-corrected chi connectivity index (χ3v) is 5.08. The maximum absolute atomic E-state index is 12.6. The van der Waals surface area contributed by atoms with Gasteiger partial charge >= 0.3 is 12.1 Å². The lowest BCUT2D eigenvalue weighted by Crippen LogP contribution is -2.34. The van der Waals surface area contributed by atoms with E-state index >= 15 is 0 Å². The van der Waals surface area contributed by atoms with Gasteiger partial charge in [0.2, 0.25) is 6.79 Å². The Labute approximate surface area is 156 Å². The summed E-state index contributed by atoms with van der Waals surface area (Å²) in [7, 11) is 0. The Morgan fingerprint density at radius 3 is 2.78 bits per heavy atom. The van der Waals surface area contributed by atoms with Gasteiger partial charge in [0.1, 0.15) is 0 Å². The summed E-state index contributed by atoms with van der Waals surface area (Å²) in [5.74, 6) is 0.443. The lowest BCUT2D eigenvalue weighted by Gasteiger charge is -2.23. The topological polar surface area (TPSA) is 56.8 Å². The molecule has 1 N–H and O–H groups in total. The zero-order chi connectivity index (χ0) is 19.4. The predicted octanol–water partition coefficient (Wildman–Crippen LogP) is 3.77. The minimum Gasteiger partial charge on any atom is -0.466 e. The molecule has 0 spiro atoms. The lowest BCUT2D eigenvalue weighted by atomic mass is 9.83. The second kappa shape index (κ2) is 8.37. The van der Waals surface area contributed by atoms with Crippen LogP contribution in [-0.2, 0) is 9.53 Å². The fraction of sp³-hybridized carbons (Fsp3) is 0.632. The summed E-state index contributed by atoms with van der Waals surface area (Å²) >= 11 is 0. The summed E-state index contributed by atoms with van der Waals surface area (Å²) < 4.78 is 53.0. The van der Waals surface area contributed by atoms with Gasteiger partial charge in [0, 0.05) is 24.9 Å². The molecule has 2 heterocycles. The van der Waals surface area contributed by atoms with E-state index in [2.05, 4.69) is 5.32 Å². The maximum Gasteiger partial charge on any atom is 0.389 e. The molecule has 0 aliphatic carbocycles. The summed E-state index contributed by atoms with van der Waals surface area (Å²) in [6, 6.07) is 5.38. The molecule has 150 valence electrons. The van der Waals surface area contributed by atoms with Gasteiger partial charge in [0.15, 0.2) is 11.5 Å². The van der Waals surface area contributed by atoms with Crippen molar-refractivity contribution >= 4 is 5.97 Å². The van der Waals surface area contributed by atoms with E-state index in [4.69, 9.17) is 14.2 Å². The predicted molar refractivity (Wildman–Crippen MR) is 91.7 cm³/mol. The van der Waals surface area contributed by atoms with E-state index in [0.29, 0.717) is 30.9 Å². The number of fused-ring (bicyclic) bond motifs is 1. The molecule has 1 aromatic rings. The van der Waals surface area contributed by atoms with Gasteiger partial charge in [-0.3, -0.25) is 4.79 Å². The molecule has 1 saturated heterocycles. The molecular formula is C19H24F3NO4. The van der Waals surface area contributed by atoms with Crippen molar-refractivity contribution in [3.63, 3.8) is 0 Å². The molecule has 5 nitrogen and oxygen atoms in total. The number of benzene rings is 1. The molecule has 1 aromatic carbocycles. The van der Waals surface area contributed by atoms with Crippen LogP contribution < -0.4 is 14.8 Å². The Kier molecular flexibility index (Phi) is 6.14. The van der Waals surface area contributed by atoms with Crippen LogP contribution in [0.3, 0.4) is 0 Å². The van der Waals surface area contributed by atoms with Crippen molar-refractivity contribution < 1.29 is 32.2 Å². The molecule has 27 heavy (non-hydrogen) atoms. The quantitative estimate of drug-likeness (QED) is 0.570. The van der Waals surface area contributed by atoms with Gasteiger partial charge in [-0.1, -0.05) is 12.5 Å². The van der Waals surface area contributed by atoms with E-state index in [0.717, 1.165) is 5.56 Å². The summed E-state index contributed by atoms with van der Waals surface area (Å²) in [5, 5.41) is 3.31. The van der Waals surface area contributed by atoms with Gasteiger partial charge < -0.3 is 19.5 Å². The first-order chi connectivity index (χ1) is 12.9. The van der Waals surface area contributed by atoms with E-state index in [9.17, 15) is 18.0 Å². The second-order valence-corrected chi connectivity index (χ2v) is 6.87. The Morgan fingerprint density at radius 1 is 1.26 bits per heavy atom. The van der Waals surface area contributed by atoms with Gasteiger partial charge in [-0.15, -0.1) is 0 Å². The largest absolute Gasteiger partial charge is 0.466 e. The average Bonchev–Trinajstić information content (AvgIpc) is 3.24. The van der Waals surface area contributed by atoms with E-state index in [1.807, 2.05) is 18.2 Å². The van der Waals surface area contributed by atoms with Crippen molar-refractivity contribution in [2.24, 2.45) is 5.92 Å². The number of halogens is 3. The number of ether oxygens (including phenoxy) is 3. The molecule has 0 unspecified atom stereocenters. The molecule has 0 amide bonds. The molecule has 2 aliphatic rings. The SMILES string of the molecule is CCOC(=O)[C@H]1[C@H](CCCCC(F)(F)F)NC[C@@H]1c1ccc2c(c1)OCO2. The standard InChI is InChI=1S/C19H24F3NO4/c1-2-25-18(24)17-13(12-6-7-15-16(9-12)27-11-26-15)10-23-14(17)5-3-4-8-19(20,21)22/h6-7,9,13-14,17,23H,2-5,8,10-11H2,1H3/t13-,14+,17-/m1/s1. The van der Waals surface area contributed by atoms with Gasteiger partial charge in [0.05, 0.1) is 12.5 Å². The average molecular weight is 387 g/mol. The van der Waals surface area contributed by atoms with Crippen molar-refractivity contribution in [1.29, 1.82) is 0 Å². The summed E-state index contributed by atoms with van der Waals surface area (Å²) in [6.07, 6.45) is -3.97. The molecule has 2 aliphatic heterocycles. The Hall–Kier alpha value is -1.96. The zero-order valence-corrected chi connectivity index (χ0v) is 15.2. The first-order valence-electron chi connectivity index (χ1n) is 9.25. The number of rotatable bonds is 7. The third-order valence-electron chi connectivity index (χ3n) is 5.08. The number of carbonyl (C=O) groups excluding carboxylic acids is 1. The molecule has 8 heteroatoms. The van der Waals surface area contributed by atoms with Gasteiger partial charge in [-0.25, -0.2) is 0 Å². The number of hydrogen-bond acceptors (Lipinski definition) is 5. The van der Waals surface area contributed by atoms with E-state index in [-0.39, 0.29) is 37.7 Å². The fourth-order valence-corrected chi connectivity index (χ4v) is 3.82. The zero-order valence-electron chi connectivity index (χ0n) is 15.2. The monoisotopic (exact) mass is 387 g/mol. The van der Waals surface area contributed by atoms with Crippen LogP contribution in [0.4, 0.5) is 13.2 Å². The summed E-state index contributed by atoms with van der Waals surface area (Å²) in [5.41, 5.74) is 0.933. The summed E-state index contributed by atoms with van der Waals surface area (Å²) in [6.45, 7) is 2.75. The molecule has 3 rings (SSSR count). The van der Waals surface area contributed by atoms with Crippen molar-refractivity contribution in [2.45, 2.75) is 50.7 Å². The Morgan fingerprint density at radius 2 is 2.04 bits per heavy atom. The number of unbranched alkanes of at least 4 members (excludes halogenated alkanes) is 1. The van der Waals surface area contributed by atoms with Crippen LogP contribution in [-0.4, -0.2) is 38.1 Å². The van der Waals surface area contributed by atoms with Crippen molar-refractivity contribution in [1.82, 2.24) is 5.32 Å². The highest BCUT2D eigenvalue weighted by atomic mass is 19.4. The van der Waals surface area contributed by atoms with E-state index < -0.39 is 18.5 Å². The van der Waals surface area contributed by atoms with Crippen LogP contribution >= 0.6 is 0 Å². The van der Waals surface area contributed by atoms with Crippen LogP contribution in [0, 0.1) is 5.92 Å². The lowest BCUT2D eigenvalue weighted by molar-refractivity contribution is -0.149. The van der Waals surface area contributed by atoms with Crippen LogP contribution in [0.1, 0.15) is 44.1 Å². The highest BCUT2D eigenvalue weighted by molar-refractivity contribution is 5.75. The third kappa shape index (κ3) is 4.86. The second-order valence-electron chi connectivity index (χ2n) is 6.87. The molecule has 0 radical (unpaired) electrons. The maximum atomic E-state index is 12.6. The minimum atomic E-state index is -4.14. The highest BCUT2D eigenvalue weighted by Gasteiger charge is 2.42. The van der Waals surface area contributed by atoms with Crippen LogP contribution in [0.15, 0.2) is 18.2 Å². The first-order valence-corrected chi connectivity index (χ1v) is 9.25. The van der Waals surface area contributed by atoms with Crippen LogP contribution in [0.2, 0.25) is 0 Å². The minimum absolute atomic E-state index is 0.0614. The normalized spacial score (nSPS) is 24.2. The number of esters is 1. The van der Waals surface area contributed by atoms with Crippen LogP contribution in [0.5, 0.6) is 11.5 Å². The molecule has 0 saturated carbocycles. The molecule has 3 atom stereocenters. The number of carbonyl (C=O) groups is 1. The van der Waals surface area contributed by atoms with Crippen molar-refractivity contribution in [3.05, 3.63) is 23.8 Å². The number of hydrogen-bond donors (Lipinski definition) is 1. The van der Waals surface area contributed by atoms with Crippen molar-refractivity contribution in [3.8, 4) is 11.5 Å². The van der Waals surface area contributed by atoms with Crippen LogP contribution in [0.25, 0.3) is 0 Å². The number of nitrogens with one attached hydrogen (secondary N) is 1. The fourth-order valence-electron chi connectivity index (χ4n) is 3.82. The van der Waals surface area contributed by atoms with Crippen molar-refractivity contribution in [2.75, 3.05) is 19.9 Å². The molecule has 0 aromatic heterocycles. The Bertz CT molecular complexity index is 665. The smallest absolute Gasteiger partial charge is 0.389 e. The number of alkyl halides is 3. The summed E-state index contributed by atoms with van der Waals surface area (Å²) in [4.78, 5) is 12.6. The molecular weight excluding hydrogens is 363 g/mol. The van der Waals surface area contributed by atoms with Gasteiger partial charge in [0.25, 0.3) is 0 Å². The molecule has 0 bridgehead atoms. The molecule has 1 fully saturated rings. The van der Waals surface area contributed by atoms with Gasteiger partial charge in [-0.05, 0) is 37.5 Å². The first kappa shape index (κ1) is 19.8. The Balaban J connectivity index is 1.69. The van der Waals surface area contributed by atoms with E-state index in [1.54, 1.807) is 6.92 Å².